The van der Waals surface area contributed by atoms with Crippen molar-refractivity contribution in [2.24, 2.45) is 11.8 Å². The number of halogens is 1. The summed E-state index contributed by atoms with van der Waals surface area (Å²) in [4.78, 5) is 12.1. The van der Waals surface area contributed by atoms with Gasteiger partial charge in [0.25, 0.3) is 0 Å². The molecular formula is C17H23FN2O2. The van der Waals surface area contributed by atoms with Crippen LogP contribution in [0.25, 0.3) is 0 Å². The molecule has 0 heterocycles. The Bertz CT molecular complexity index is 500. The third kappa shape index (κ3) is 4.36. The van der Waals surface area contributed by atoms with Crippen LogP contribution in [0.2, 0.25) is 0 Å². The zero-order valence-corrected chi connectivity index (χ0v) is 12.8. The highest BCUT2D eigenvalue weighted by Gasteiger charge is 2.42. The average molecular weight is 306 g/mol. The number of ether oxygens (including phenoxy) is 1. The van der Waals surface area contributed by atoms with Crippen LogP contribution >= 0.6 is 0 Å². The highest BCUT2D eigenvalue weighted by atomic mass is 19.1. The SMILES string of the molecule is CC(COc1ccc(F)cc1)NC(=O)NC(C1CC1)C1CC1. The molecule has 22 heavy (non-hydrogen) atoms. The molecule has 2 saturated carbocycles. The Morgan fingerprint density at radius 3 is 2.32 bits per heavy atom. The number of benzene rings is 1. The summed E-state index contributed by atoms with van der Waals surface area (Å²) in [6, 6.07) is 6.01. The minimum absolute atomic E-state index is 0.107. The molecule has 1 atom stereocenters. The van der Waals surface area contributed by atoms with Crippen molar-refractivity contribution < 1.29 is 13.9 Å². The summed E-state index contributed by atoms with van der Waals surface area (Å²) in [5, 5.41) is 6.03. The van der Waals surface area contributed by atoms with E-state index in [4.69, 9.17) is 4.74 Å². The average Bonchev–Trinajstić information content (AvgIpc) is 3.38. The zero-order chi connectivity index (χ0) is 15.5. The Hall–Kier alpha value is -1.78. The van der Waals surface area contributed by atoms with Crippen LogP contribution in [0.15, 0.2) is 24.3 Å². The minimum atomic E-state index is -0.288. The Balaban J connectivity index is 1.39. The fraction of sp³-hybridized carbons (Fsp3) is 0.588. The lowest BCUT2D eigenvalue weighted by Gasteiger charge is -2.21. The number of amides is 2. The summed E-state index contributed by atoms with van der Waals surface area (Å²) in [5.41, 5.74) is 0. The van der Waals surface area contributed by atoms with E-state index >= 15 is 0 Å². The monoisotopic (exact) mass is 306 g/mol. The van der Waals surface area contributed by atoms with Gasteiger partial charge in [-0.3, -0.25) is 0 Å². The van der Waals surface area contributed by atoms with Gasteiger partial charge >= 0.3 is 6.03 Å². The number of rotatable bonds is 7. The molecule has 3 rings (SSSR count). The van der Waals surface area contributed by atoms with E-state index in [2.05, 4.69) is 10.6 Å². The van der Waals surface area contributed by atoms with Gasteiger partial charge in [-0.05, 0) is 68.7 Å². The molecule has 0 saturated heterocycles. The summed E-state index contributed by atoms with van der Waals surface area (Å²) in [5.74, 6) is 1.68. The van der Waals surface area contributed by atoms with E-state index in [1.165, 1.54) is 37.8 Å². The van der Waals surface area contributed by atoms with Gasteiger partial charge in [0.2, 0.25) is 0 Å². The van der Waals surface area contributed by atoms with Gasteiger partial charge in [-0.1, -0.05) is 0 Å². The van der Waals surface area contributed by atoms with Crippen molar-refractivity contribution in [2.45, 2.75) is 44.7 Å². The van der Waals surface area contributed by atoms with Gasteiger partial charge in [-0.15, -0.1) is 0 Å². The summed E-state index contributed by atoms with van der Waals surface area (Å²) in [6.45, 7) is 2.25. The third-order valence-corrected chi connectivity index (χ3v) is 4.25. The lowest BCUT2D eigenvalue weighted by molar-refractivity contribution is 0.220. The second-order valence-electron chi connectivity index (χ2n) is 6.48. The molecule has 4 nitrogen and oxygen atoms in total. The molecule has 2 aliphatic rings. The molecule has 1 aromatic rings. The Kier molecular flexibility index (Phi) is 4.50. The standard InChI is InChI=1S/C17H23FN2O2/c1-11(10-22-15-8-6-14(18)7-9-15)19-17(21)20-16(12-2-3-12)13-4-5-13/h6-9,11-13,16H,2-5,10H2,1H3,(H2,19,20,21). The fourth-order valence-corrected chi connectivity index (χ4v) is 2.74. The fourth-order valence-electron chi connectivity index (χ4n) is 2.74. The molecule has 2 N–H and O–H groups in total. The lowest BCUT2D eigenvalue weighted by Crippen LogP contribution is -2.48. The first kappa shape index (κ1) is 15.1. The highest BCUT2D eigenvalue weighted by Crippen LogP contribution is 2.44. The number of hydrogen-bond donors (Lipinski definition) is 2. The van der Waals surface area contributed by atoms with Crippen LogP contribution in [-0.2, 0) is 0 Å². The first-order chi connectivity index (χ1) is 10.6. The van der Waals surface area contributed by atoms with Gasteiger partial charge in [0.05, 0.1) is 6.04 Å². The molecule has 2 aliphatic carbocycles. The Labute approximate surface area is 130 Å². The van der Waals surface area contributed by atoms with Crippen LogP contribution in [-0.4, -0.2) is 24.7 Å². The van der Waals surface area contributed by atoms with Crippen LogP contribution in [0.1, 0.15) is 32.6 Å². The molecule has 2 fully saturated rings. The first-order valence-electron chi connectivity index (χ1n) is 8.07. The molecule has 1 unspecified atom stereocenters. The van der Waals surface area contributed by atoms with Crippen molar-refractivity contribution in [3.05, 3.63) is 30.1 Å². The van der Waals surface area contributed by atoms with Gasteiger partial charge in [0, 0.05) is 6.04 Å². The molecule has 0 radical (unpaired) electrons. The third-order valence-electron chi connectivity index (χ3n) is 4.25. The van der Waals surface area contributed by atoms with Gasteiger partial charge in [0.15, 0.2) is 0 Å². The van der Waals surface area contributed by atoms with Crippen LogP contribution in [0.3, 0.4) is 0 Å². The first-order valence-corrected chi connectivity index (χ1v) is 8.07. The van der Waals surface area contributed by atoms with E-state index in [1.807, 2.05) is 6.92 Å². The zero-order valence-electron chi connectivity index (χ0n) is 12.8. The van der Waals surface area contributed by atoms with Crippen molar-refractivity contribution in [1.82, 2.24) is 10.6 Å². The number of urea groups is 1. The molecule has 2 amide bonds. The van der Waals surface area contributed by atoms with E-state index in [1.54, 1.807) is 12.1 Å². The van der Waals surface area contributed by atoms with Crippen molar-refractivity contribution >= 4 is 6.03 Å². The maximum absolute atomic E-state index is 12.8. The molecule has 1 aromatic carbocycles. The van der Waals surface area contributed by atoms with Crippen molar-refractivity contribution in [2.75, 3.05) is 6.61 Å². The summed E-state index contributed by atoms with van der Waals surface area (Å²) in [6.07, 6.45) is 4.96. The quantitative estimate of drug-likeness (QED) is 0.813. The van der Waals surface area contributed by atoms with Crippen LogP contribution < -0.4 is 15.4 Å². The van der Waals surface area contributed by atoms with E-state index in [9.17, 15) is 9.18 Å². The van der Waals surface area contributed by atoms with Crippen LogP contribution in [0.4, 0.5) is 9.18 Å². The number of carbonyl (C=O) groups is 1. The topological polar surface area (TPSA) is 50.4 Å². The number of nitrogens with one attached hydrogen (secondary N) is 2. The second kappa shape index (κ2) is 6.55. The van der Waals surface area contributed by atoms with E-state index in [-0.39, 0.29) is 17.9 Å². The van der Waals surface area contributed by atoms with Gasteiger partial charge in [0.1, 0.15) is 18.2 Å². The van der Waals surface area contributed by atoms with Gasteiger partial charge < -0.3 is 15.4 Å². The Morgan fingerprint density at radius 1 is 1.18 bits per heavy atom. The molecule has 0 aliphatic heterocycles. The van der Waals surface area contributed by atoms with Gasteiger partial charge in [-0.25, -0.2) is 9.18 Å². The summed E-state index contributed by atoms with van der Waals surface area (Å²) in [7, 11) is 0. The maximum Gasteiger partial charge on any atom is 0.315 e. The predicted molar refractivity (Wildman–Crippen MR) is 82.3 cm³/mol. The maximum atomic E-state index is 12.8. The normalized spacial score (nSPS) is 18.9. The van der Waals surface area contributed by atoms with E-state index in [0.717, 1.165) is 0 Å². The molecule has 5 heteroatoms. The molecular weight excluding hydrogens is 283 g/mol. The highest BCUT2D eigenvalue weighted by molar-refractivity contribution is 5.74. The lowest BCUT2D eigenvalue weighted by atomic mass is 10.1. The second-order valence-corrected chi connectivity index (χ2v) is 6.48. The van der Waals surface area contributed by atoms with Crippen LogP contribution in [0.5, 0.6) is 5.75 Å². The molecule has 0 spiro atoms. The molecule has 0 aromatic heterocycles. The van der Waals surface area contributed by atoms with E-state index in [0.29, 0.717) is 30.2 Å². The smallest absolute Gasteiger partial charge is 0.315 e. The number of carbonyl (C=O) groups excluding carboxylic acids is 1. The van der Waals surface area contributed by atoms with Crippen molar-refractivity contribution in [1.29, 1.82) is 0 Å². The molecule has 120 valence electrons. The van der Waals surface area contributed by atoms with E-state index < -0.39 is 0 Å². The number of hydrogen-bond acceptors (Lipinski definition) is 2. The largest absolute Gasteiger partial charge is 0.491 e. The predicted octanol–water partition coefficient (Wildman–Crippen LogP) is 3.08. The summed E-state index contributed by atoms with van der Waals surface area (Å²) >= 11 is 0. The van der Waals surface area contributed by atoms with Crippen molar-refractivity contribution in [3.8, 4) is 5.75 Å². The summed E-state index contributed by atoms with van der Waals surface area (Å²) < 4.78 is 18.3. The van der Waals surface area contributed by atoms with Gasteiger partial charge in [-0.2, -0.15) is 0 Å². The molecule has 0 bridgehead atoms. The van der Waals surface area contributed by atoms with Crippen LogP contribution in [0, 0.1) is 17.7 Å². The minimum Gasteiger partial charge on any atom is -0.491 e. The Morgan fingerprint density at radius 2 is 1.77 bits per heavy atom. The van der Waals surface area contributed by atoms with Crippen molar-refractivity contribution in [3.63, 3.8) is 0 Å².